The molecule has 7 nitrogen and oxygen atoms in total. The number of aryl methyl sites for hydroxylation is 1. The molecule has 1 aromatic heterocycles. The molecule has 7 heteroatoms. The van der Waals surface area contributed by atoms with Crippen LogP contribution in [0.3, 0.4) is 0 Å². The molecule has 98 valence electrons. The zero-order valence-corrected chi connectivity index (χ0v) is 10.2. The summed E-state index contributed by atoms with van der Waals surface area (Å²) in [6, 6.07) is 6.75. The molecule has 0 fully saturated rings. The molecule has 0 saturated heterocycles. The van der Waals surface area contributed by atoms with Crippen LogP contribution in [0.2, 0.25) is 0 Å². The summed E-state index contributed by atoms with van der Waals surface area (Å²) in [6.45, 7) is 0.770. The first-order valence-corrected chi connectivity index (χ1v) is 6.10. The van der Waals surface area contributed by atoms with Crippen molar-refractivity contribution < 1.29 is 4.92 Å². The molecule has 1 N–H and O–H groups in total. The van der Waals surface area contributed by atoms with E-state index in [1.54, 1.807) is 18.5 Å². The Balaban J connectivity index is 1.68. The summed E-state index contributed by atoms with van der Waals surface area (Å²) in [5.74, 6) is 1.02. The Morgan fingerprint density at radius 2 is 2.16 bits per heavy atom. The highest BCUT2D eigenvalue weighted by Gasteiger charge is 2.19. The molecule has 2 heterocycles. The molecule has 1 atom stereocenters. The minimum Gasteiger partial charge on any atom is -0.380 e. The first kappa shape index (κ1) is 11.6. The zero-order valence-electron chi connectivity index (χ0n) is 10.2. The number of rotatable bonds is 3. The van der Waals surface area contributed by atoms with Gasteiger partial charge in [0.05, 0.1) is 11.5 Å². The van der Waals surface area contributed by atoms with Crippen molar-refractivity contribution >= 4 is 11.4 Å². The number of hydrogen-bond donors (Lipinski definition) is 1. The molecule has 1 unspecified atom stereocenters. The number of fused-ring (bicyclic) bond motifs is 1. The minimum absolute atomic E-state index is 0.104. The molecular weight excluding hydrogens is 246 g/mol. The van der Waals surface area contributed by atoms with Gasteiger partial charge in [-0.3, -0.25) is 10.1 Å². The summed E-state index contributed by atoms with van der Waals surface area (Å²) in [5.41, 5.74) is 0.993. The number of benzene rings is 1. The lowest BCUT2D eigenvalue weighted by Gasteiger charge is -2.24. The number of nitrogens with zero attached hydrogens (tertiary/aromatic N) is 4. The van der Waals surface area contributed by atoms with Crippen LogP contribution in [0.1, 0.15) is 12.2 Å². The normalized spacial score (nSPS) is 17.8. The van der Waals surface area contributed by atoms with Crippen LogP contribution in [0, 0.1) is 10.1 Å². The number of nitro benzene ring substituents is 1. The van der Waals surface area contributed by atoms with Crippen molar-refractivity contribution in [3.63, 3.8) is 0 Å². The molecule has 0 amide bonds. The van der Waals surface area contributed by atoms with Gasteiger partial charge in [-0.1, -0.05) is 0 Å². The largest absolute Gasteiger partial charge is 0.380 e. The number of anilines is 1. The van der Waals surface area contributed by atoms with E-state index < -0.39 is 4.92 Å². The molecule has 2 aromatic rings. The fourth-order valence-corrected chi connectivity index (χ4v) is 2.27. The average Bonchev–Trinajstić information content (AvgIpc) is 2.87. The Kier molecular flexibility index (Phi) is 2.86. The maximum atomic E-state index is 10.6. The van der Waals surface area contributed by atoms with E-state index in [1.165, 1.54) is 12.1 Å². The summed E-state index contributed by atoms with van der Waals surface area (Å²) in [4.78, 5) is 14.4. The van der Waals surface area contributed by atoms with Crippen molar-refractivity contribution in [2.45, 2.75) is 25.4 Å². The molecule has 1 aromatic carbocycles. The van der Waals surface area contributed by atoms with Crippen molar-refractivity contribution in [2.24, 2.45) is 0 Å². The fraction of sp³-hybridized carbons (Fsp3) is 0.333. The second-order valence-corrected chi connectivity index (χ2v) is 4.54. The molecular formula is C12H13N5O2. The van der Waals surface area contributed by atoms with Crippen LogP contribution in [-0.2, 0) is 13.0 Å². The molecule has 19 heavy (non-hydrogen) atoms. The molecule has 0 spiro atoms. The molecule has 0 bridgehead atoms. The van der Waals surface area contributed by atoms with Crippen molar-refractivity contribution in [3.8, 4) is 0 Å². The van der Waals surface area contributed by atoms with E-state index in [4.69, 9.17) is 0 Å². The highest BCUT2D eigenvalue weighted by atomic mass is 16.6. The minimum atomic E-state index is -0.397. The van der Waals surface area contributed by atoms with Crippen molar-refractivity contribution in [1.82, 2.24) is 14.8 Å². The number of nitrogens with one attached hydrogen (secondary N) is 1. The third-order valence-electron chi connectivity index (χ3n) is 3.25. The van der Waals surface area contributed by atoms with E-state index >= 15 is 0 Å². The number of hydrogen-bond acceptors (Lipinski definition) is 5. The first-order chi connectivity index (χ1) is 9.22. The first-order valence-electron chi connectivity index (χ1n) is 6.10. The third kappa shape index (κ3) is 2.40. The van der Waals surface area contributed by atoms with Crippen molar-refractivity contribution in [1.29, 1.82) is 0 Å². The predicted octanol–water partition coefficient (Wildman–Crippen LogP) is 1.61. The highest BCUT2D eigenvalue weighted by molar-refractivity contribution is 5.49. The summed E-state index contributed by atoms with van der Waals surface area (Å²) in [5, 5.41) is 18.1. The van der Waals surface area contributed by atoms with Gasteiger partial charge in [0, 0.05) is 30.3 Å². The quantitative estimate of drug-likeness (QED) is 0.668. The predicted molar refractivity (Wildman–Crippen MR) is 68.9 cm³/mol. The number of non-ortho nitro benzene ring substituents is 1. The van der Waals surface area contributed by atoms with Gasteiger partial charge in [0.2, 0.25) is 0 Å². The van der Waals surface area contributed by atoms with Crippen LogP contribution < -0.4 is 5.32 Å². The Morgan fingerprint density at radius 3 is 2.89 bits per heavy atom. The van der Waals surface area contributed by atoms with Crippen molar-refractivity contribution in [2.75, 3.05) is 5.32 Å². The number of nitro groups is 1. The fourth-order valence-electron chi connectivity index (χ4n) is 2.27. The van der Waals surface area contributed by atoms with Gasteiger partial charge in [0.15, 0.2) is 0 Å². The van der Waals surface area contributed by atoms with E-state index in [0.29, 0.717) is 0 Å². The standard InChI is InChI=1S/C12H13N5O2/c18-17(19)11-4-1-9(2-5-11)15-10-3-6-12-13-8-14-16(12)7-10/h1-2,4-5,8,10,15H,3,6-7H2. The molecule has 0 radical (unpaired) electrons. The van der Waals surface area contributed by atoms with Gasteiger partial charge in [-0.2, -0.15) is 5.10 Å². The van der Waals surface area contributed by atoms with Gasteiger partial charge < -0.3 is 5.32 Å². The lowest BCUT2D eigenvalue weighted by atomic mass is 10.1. The maximum absolute atomic E-state index is 10.6. The van der Waals surface area contributed by atoms with E-state index in [2.05, 4.69) is 15.4 Å². The van der Waals surface area contributed by atoms with Crippen LogP contribution in [0.5, 0.6) is 0 Å². The van der Waals surface area contributed by atoms with Gasteiger partial charge in [0.25, 0.3) is 5.69 Å². The van der Waals surface area contributed by atoms with E-state index in [0.717, 1.165) is 30.9 Å². The lowest BCUT2D eigenvalue weighted by Crippen LogP contribution is -2.31. The molecule has 0 aliphatic carbocycles. The summed E-state index contributed by atoms with van der Waals surface area (Å²) < 4.78 is 1.90. The van der Waals surface area contributed by atoms with E-state index in [-0.39, 0.29) is 11.7 Å². The smallest absolute Gasteiger partial charge is 0.269 e. The highest BCUT2D eigenvalue weighted by Crippen LogP contribution is 2.19. The molecule has 3 rings (SSSR count). The Morgan fingerprint density at radius 1 is 1.37 bits per heavy atom. The average molecular weight is 259 g/mol. The van der Waals surface area contributed by atoms with Gasteiger partial charge >= 0.3 is 0 Å². The Bertz CT molecular complexity index is 592. The molecule has 1 aliphatic heterocycles. The van der Waals surface area contributed by atoms with E-state index in [1.807, 2.05) is 4.68 Å². The van der Waals surface area contributed by atoms with E-state index in [9.17, 15) is 10.1 Å². The van der Waals surface area contributed by atoms with Gasteiger partial charge in [-0.25, -0.2) is 9.67 Å². The maximum Gasteiger partial charge on any atom is 0.269 e. The summed E-state index contributed by atoms with van der Waals surface area (Å²) in [7, 11) is 0. The number of aromatic nitrogens is 3. The summed E-state index contributed by atoms with van der Waals surface area (Å²) in [6.07, 6.45) is 3.45. The van der Waals surface area contributed by atoms with Crippen LogP contribution in [0.15, 0.2) is 30.6 Å². The second kappa shape index (κ2) is 4.68. The molecule has 0 saturated carbocycles. The van der Waals surface area contributed by atoms with Crippen LogP contribution in [-0.4, -0.2) is 25.7 Å². The van der Waals surface area contributed by atoms with Gasteiger partial charge in [-0.05, 0) is 18.6 Å². The van der Waals surface area contributed by atoms with Crippen LogP contribution in [0.4, 0.5) is 11.4 Å². The van der Waals surface area contributed by atoms with Crippen LogP contribution >= 0.6 is 0 Å². The monoisotopic (exact) mass is 259 g/mol. The second-order valence-electron chi connectivity index (χ2n) is 4.54. The van der Waals surface area contributed by atoms with Gasteiger partial charge in [0.1, 0.15) is 12.2 Å². The van der Waals surface area contributed by atoms with Gasteiger partial charge in [-0.15, -0.1) is 0 Å². The lowest BCUT2D eigenvalue weighted by molar-refractivity contribution is -0.384. The van der Waals surface area contributed by atoms with Crippen molar-refractivity contribution in [3.05, 3.63) is 46.5 Å². The molecule has 1 aliphatic rings. The zero-order chi connectivity index (χ0) is 13.2. The van der Waals surface area contributed by atoms with Crippen LogP contribution in [0.25, 0.3) is 0 Å². The third-order valence-corrected chi connectivity index (χ3v) is 3.25. The Labute approximate surface area is 109 Å². The SMILES string of the molecule is O=[N+]([O-])c1ccc(NC2CCc3ncnn3C2)cc1. The Hall–Kier alpha value is -2.44. The topological polar surface area (TPSA) is 85.9 Å². The summed E-state index contributed by atoms with van der Waals surface area (Å²) >= 11 is 0.